The highest BCUT2D eigenvalue weighted by Gasteiger charge is 2.39. The summed E-state index contributed by atoms with van der Waals surface area (Å²) < 4.78 is 53.0. The lowest BCUT2D eigenvalue weighted by Crippen LogP contribution is -2.48. The van der Waals surface area contributed by atoms with E-state index in [1.807, 2.05) is 4.90 Å². The van der Waals surface area contributed by atoms with Crippen molar-refractivity contribution in [2.24, 2.45) is 0 Å². The van der Waals surface area contributed by atoms with Gasteiger partial charge in [-0.1, -0.05) is 0 Å². The van der Waals surface area contributed by atoms with Crippen molar-refractivity contribution >= 4 is 10.0 Å². The number of aromatic amines is 1. The fraction of sp³-hybridized carbons (Fsp3) is 0.800. The molecule has 142 valence electrons. The number of aromatic nitrogens is 2. The lowest BCUT2D eigenvalue weighted by molar-refractivity contribution is -0.0766. The second kappa shape index (κ2) is 6.90. The highest BCUT2D eigenvalue weighted by molar-refractivity contribution is 7.89. The summed E-state index contributed by atoms with van der Waals surface area (Å²) in [7, 11) is -3.63. The largest absolute Gasteiger partial charge is 0.389 e. The summed E-state index contributed by atoms with van der Waals surface area (Å²) in [6.07, 6.45) is 3.49. The Kier molecular flexibility index (Phi) is 5.16. The SMILES string of the molecule is O=S(=O)(c1cn[nH]c1)N1CCC[C@@](O)(CN2CCC(F)(F)CC2)CC1. The number of piperidine rings is 1. The van der Waals surface area contributed by atoms with E-state index in [2.05, 4.69) is 10.2 Å². The number of alkyl halides is 2. The molecule has 0 saturated carbocycles. The predicted molar refractivity (Wildman–Crippen MR) is 86.8 cm³/mol. The summed E-state index contributed by atoms with van der Waals surface area (Å²) >= 11 is 0. The van der Waals surface area contributed by atoms with Gasteiger partial charge in [0, 0.05) is 51.8 Å². The van der Waals surface area contributed by atoms with Crippen LogP contribution in [0.3, 0.4) is 0 Å². The van der Waals surface area contributed by atoms with Gasteiger partial charge in [0.25, 0.3) is 5.92 Å². The first-order valence-electron chi connectivity index (χ1n) is 8.52. The zero-order valence-electron chi connectivity index (χ0n) is 14.0. The van der Waals surface area contributed by atoms with Crippen molar-refractivity contribution in [2.45, 2.75) is 48.5 Å². The fourth-order valence-electron chi connectivity index (χ4n) is 3.54. The number of H-pyrrole nitrogens is 1. The molecule has 0 aromatic carbocycles. The molecule has 7 nitrogen and oxygen atoms in total. The van der Waals surface area contributed by atoms with E-state index in [1.165, 1.54) is 16.7 Å². The maximum absolute atomic E-state index is 13.3. The van der Waals surface area contributed by atoms with Crippen LogP contribution in [0.25, 0.3) is 0 Å². The number of β-amino-alcohol motifs (C(OH)–C–C–N with tert-alkyl or cyclic N) is 1. The van der Waals surface area contributed by atoms with Gasteiger partial charge in [-0.15, -0.1) is 0 Å². The Morgan fingerprint density at radius 2 is 1.88 bits per heavy atom. The van der Waals surface area contributed by atoms with E-state index in [9.17, 15) is 22.3 Å². The number of hydrogen-bond donors (Lipinski definition) is 2. The average Bonchev–Trinajstić information content (AvgIpc) is 3.01. The maximum Gasteiger partial charge on any atom is 0.250 e. The van der Waals surface area contributed by atoms with E-state index in [0.717, 1.165) is 0 Å². The van der Waals surface area contributed by atoms with Gasteiger partial charge in [-0.05, 0) is 19.3 Å². The Labute approximate surface area is 146 Å². The third-order valence-corrected chi connectivity index (χ3v) is 6.96. The molecule has 0 radical (unpaired) electrons. The molecule has 2 fully saturated rings. The number of aliphatic hydroxyl groups is 1. The smallest absolute Gasteiger partial charge is 0.250 e. The fourth-order valence-corrected chi connectivity index (χ4v) is 4.92. The lowest BCUT2D eigenvalue weighted by Gasteiger charge is -2.37. The second-order valence-electron chi connectivity index (χ2n) is 7.05. The molecule has 1 aromatic heterocycles. The van der Waals surface area contributed by atoms with E-state index in [1.54, 1.807) is 0 Å². The van der Waals surface area contributed by atoms with Crippen LogP contribution in [0.15, 0.2) is 17.3 Å². The first kappa shape index (κ1) is 18.7. The van der Waals surface area contributed by atoms with Crippen molar-refractivity contribution in [3.8, 4) is 0 Å². The maximum atomic E-state index is 13.3. The molecule has 0 spiro atoms. The molecular formula is C15H24F2N4O3S. The van der Waals surface area contributed by atoms with E-state index < -0.39 is 21.5 Å². The summed E-state index contributed by atoms with van der Waals surface area (Å²) in [6.45, 7) is 1.35. The standard InChI is InChI=1S/C15H24F2N4O3S/c16-15(17)4-7-20(8-5-15)12-14(22)2-1-6-21(9-3-14)25(23,24)13-10-18-19-11-13/h10-11,22H,1-9,12H2,(H,18,19)/t14-/m0/s1. The van der Waals surface area contributed by atoms with Crippen LogP contribution in [0.4, 0.5) is 8.78 Å². The minimum absolute atomic E-state index is 0.108. The van der Waals surface area contributed by atoms with Crippen LogP contribution >= 0.6 is 0 Å². The number of rotatable bonds is 4. The van der Waals surface area contributed by atoms with E-state index >= 15 is 0 Å². The molecule has 0 bridgehead atoms. The first-order valence-corrected chi connectivity index (χ1v) is 9.96. The molecule has 1 aromatic rings. The molecule has 0 unspecified atom stereocenters. The summed E-state index contributed by atoms with van der Waals surface area (Å²) in [4.78, 5) is 1.97. The molecule has 2 saturated heterocycles. The molecule has 0 aliphatic carbocycles. The molecule has 2 N–H and O–H groups in total. The average molecular weight is 378 g/mol. The van der Waals surface area contributed by atoms with Crippen LogP contribution < -0.4 is 0 Å². The molecular weight excluding hydrogens is 354 g/mol. The number of nitrogens with zero attached hydrogens (tertiary/aromatic N) is 3. The van der Waals surface area contributed by atoms with Gasteiger partial charge in [-0.3, -0.25) is 5.10 Å². The van der Waals surface area contributed by atoms with Crippen LogP contribution in [-0.2, 0) is 10.0 Å². The van der Waals surface area contributed by atoms with Crippen LogP contribution in [-0.4, -0.2) is 77.2 Å². The van der Waals surface area contributed by atoms with Gasteiger partial charge >= 0.3 is 0 Å². The van der Waals surface area contributed by atoms with Crippen molar-refractivity contribution < 1.29 is 22.3 Å². The molecule has 10 heteroatoms. The van der Waals surface area contributed by atoms with E-state index in [4.69, 9.17) is 0 Å². The zero-order chi connectivity index (χ0) is 18.1. The normalized spacial score (nSPS) is 29.4. The summed E-state index contributed by atoms with van der Waals surface area (Å²) in [5.74, 6) is -2.61. The molecule has 2 aliphatic heterocycles. The highest BCUT2D eigenvalue weighted by Crippen LogP contribution is 2.31. The molecule has 3 heterocycles. The molecule has 1 atom stereocenters. The van der Waals surface area contributed by atoms with Gasteiger partial charge in [-0.25, -0.2) is 17.2 Å². The summed E-state index contributed by atoms with van der Waals surface area (Å²) in [5, 5.41) is 17.0. The molecule has 0 amide bonds. The third-order valence-electron chi connectivity index (χ3n) is 5.09. The number of sulfonamides is 1. The van der Waals surface area contributed by atoms with Crippen molar-refractivity contribution in [1.82, 2.24) is 19.4 Å². The summed E-state index contributed by atoms with van der Waals surface area (Å²) in [5.41, 5.74) is -1.05. The van der Waals surface area contributed by atoms with Gasteiger partial charge in [0.1, 0.15) is 4.90 Å². The Bertz CT molecular complexity index is 673. The van der Waals surface area contributed by atoms with Crippen molar-refractivity contribution in [3.63, 3.8) is 0 Å². The first-order chi connectivity index (χ1) is 11.7. The Balaban J connectivity index is 1.61. The Morgan fingerprint density at radius 1 is 1.16 bits per heavy atom. The highest BCUT2D eigenvalue weighted by atomic mass is 32.2. The quantitative estimate of drug-likeness (QED) is 0.817. The third kappa shape index (κ3) is 4.36. The van der Waals surface area contributed by atoms with E-state index in [0.29, 0.717) is 25.9 Å². The number of hydrogen-bond acceptors (Lipinski definition) is 5. The van der Waals surface area contributed by atoms with Crippen LogP contribution in [0, 0.1) is 0 Å². The van der Waals surface area contributed by atoms with Crippen molar-refractivity contribution in [1.29, 1.82) is 0 Å². The number of nitrogens with one attached hydrogen (secondary N) is 1. The van der Waals surface area contributed by atoms with Crippen molar-refractivity contribution in [3.05, 3.63) is 12.4 Å². The van der Waals surface area contributed by atoms with Gasteiger partial charge in [0.2, 0.25) is 10.0 Å². The van der Waals surface area contributed by atoms with Crippen LogP contribution in [0.2, 0.25) is 0 Å². The van der Waals surface area contributed by atoms with Gasteiger partial charge in [0.15, 0.2) is 0 Å². The van der Waals surface area contributed by atoms with Crippen LogP contribution in [0.1, 0.15) is 32.1 Å². The topological polar surface area (TPSA) is 89.5 Å². The van der Waals surface area contributed by atoms with E-state index in [-0.39, 0.29) is 43.8 Å². The van der Waals surface area contributed by atoms with Crippen molar-refractivity contribution in [2.75, 3.05) is 32.7 Å². The Hall–Kier alpha value is -1.10. The van der Waals surface area contributed by atoms with Gasteiger partial charge < -0.3 is 10.0 Å². The number of likely N-dealkylation sites (tertiary alicyclic amines) is 1. The molecule has 25 heavy (non-hydrogen) atoms. The second-order valence-corrected chi connectivity index (χ2v) is 8.99. The zero-order valence-corrected chi connectivity index (χ0v) is 14.8. The predicted octanol–water partition coefficient (Wildman–Crippen LogP) is 1.05. The van der Waals surface area contributed by atoms with Crippen LogP contribution in [0.5, 0.6) is 0 Å². The van der Waals surface area contributed by atoms with Gasteiger partial charge in [0.05, 0.1) is 11.8 Å². The lowest BCUT2D eigenvalue weighted by atomic mass is 9.93. The minimum atomic E-state index is -3.63. The van der Waals surface area contributed by atoms with Gasteiger partial charge in [-0.2, -0.15) is 9.40 Å². The number of halogens is 2. The minimum Gasteiger partial charge on any atom is -0.389 e. The monoisotopic (exact) mass is 378 g/mol. The molecule has 3 rings (SSSR count). The summed E-state index contributed by atoms with van der Waals surface area (Å²) in [6, 6.07) is 0. The molecule has 2 aliphatic rings. The Morgan fingerprint density at radius 3 is 2.52 bits per heavy atom.